The monoisotopic (exact) mass is 435 g/mol. The first kappa shape index (κ1) is 21.1. The van der Waals surface area contributed by atoms with Gasteiger partial charge >= 0.3 is 0 Å². The van der Waals surface area contributed by atoms with Gasteiger partial charge in [-0.1, -0.05) is 48.5 Å². The van der Waals surface area contributed by atoms with Gasteiger partial charge in [0, 0.05) is 5.56 Å². The molecular weight excluding hydrogens is 410 g/mol. The fourth-order valence-electron chi connectivity index (χ4n) is 3.49. The van der Waals surface area contributed by atoms with E-state index in [2.05, 4.69) is 14.7 Å². The molecule has 0 saturated heterocycles. The smallest absolute Gasteiger partial charge is 0.241 e. The molecule has 0 bridgehead atoms. The van der Waals surface area contributed by atoms with Crippen LogP contribution in [0, 0.1) is 13.8 Å². The van der Waals surface area contributed by atoms with Crippen LogP contribution in [0.25, 0.3) is 22.4 Å². The van der Waals surface area contributed by atoms with E-state index in [0.29, 0.717) is 16.9 Å². The minimum atomic E-state index is -3.71. The number of rotatable bonds is 7. The largest absolute Gasteiger partial charge is 0.491 e. The Morgan fingerprint density at radius 2 is 1.71 bits per heavy atom. The van der Waals surface area contributed by atoms with Gasteiger partial charge in [-0.3, -0.25) is 0 Å². The van der Waals surface area contributed by atoms with Crippen LogP contribution in [0.15, 0.2) is 71.6 Å². The minimum absolute atomic E-state index is 0.183. The number of benzene rings is 3. The molecule has 0 fully saturated rings. The zero-order valence-corrected chi connectivity index (χ0v) is 18.5. The van der Waals surface area contributed by atoms with Gasteiger partial charge in [0.05, 0.1) is 22.0 Å². The number of nitrogens with one attached hydrogen (secondary N) is 2. The summed E-state index contributed by atoms with van der Waals surface area (Å²) in [6.45, 7) is 5.96. The molecule has 3 aromatic carbocycles. The van der Waals surface area contributed by atoms with E-state index in [-0.39, 0.29) is 11.5 Å². The summed E-state index contributed by atoms with van der Waals surface area (Å²) in [4.78, 5) is 7.95. The topological polar surface area (TPSA) is 84.1 Å². The summed E-state index contributed by atoms with van der Waals surface area (Å²) in [5.41, 5.74) is 4.37. The van der Waals surface area contributed by atoms with E-state index in [1.54, 1.807) is 25.1 Å². The molecule has 4 rings (SSSR count). The van der Waals surface area contributed by atoms with E-state index in [1.807, 2.05) is 62.4 Å². The van der Waals surface area contributed by atoms with Gasteiger partial charge in [-0.2, -0.15) is 0 Å². The number of imidazole rings is 1. The van der Waals surface area contributed by atoms with Gasteiger partial charge < -0.3 is 9.72 Å². The SMILES string of the molecule is Cc1cccc(C)c1OCC(C)NS(=O)(=O)c1ccc2nc(-c3ccccc3)[nH]c2c1. The van der Waals surface area contributed by atoms with Crippen LogP contribution in [0.3, 0.4) is 0 Å². The number of aromatic nitrogens is 2. The number of para-hydroxylation sites is 1. The average molecular weight is 436 g/mol. The van der Waals surface area contributed by atoms with Crippen LogP contribution in [0.4, 0.5) is 0 Å². The molecule has 6 nitrogen and oxygen atoms in total. The van der Waals surface area contributed by atoms with Crippen molar-refractivity contribution in [1.82, 2.24) is 14.7 Å². The summed E-state index contributed by atoms with van der Waals surface area (Å²) in [7, 11) is -3.71. The standard InChI is InChI=1S/C24H25N3O3S/c1-16-8-7-9-17(2)23(16)30-15-18(3)27-31(28,29)20-12-13-21-22(14-20)26-24(25-21)19-10-5-4-6-11-19/h4-14,18,27H,15H2,1-3H3,(H,25,26). The predicted octanol–water partition coefficient (Wildman–Crippen LogP) is 4.59. The van der Waals surface area contributed by atoms with Crippen molar-refractivity contribution in [1.29, 1.82) is 0 Å². The van der Waals surface area contributed by atoms with E-state index in [9.17, 15) is 8.42 Å². The number of aromatic amines is 1. The molecular formula is C24H25N3O3S. The number of hydrogen-bond donors (Lipinski definition) is 2. The van der Waals surface area contributed by atoms with E-state index < -0.39 is 16.1 Å². The lowest BCUT2D eigenvalue weighted by Crippen LogP contribution is -2.36. The van der Waals surface area contributed by atoms with Gasteiger partial charge in [0.2, 0.25) is 10.0 Å². The third kappa shape index (κ3) is 4.62. The summed E-state index contributed by atoms with van der Waals surface area (Å²) >= 11 is 0. The zero-order valence-electron chi connectivity index (χ0n) is 17.7. The first-order valence-corrected chi connectivity index (χ1v) is 11.6. The van der Waals surface area contributed by atoms with Crippen LogP contribution >= 0.6 is 0 Å². The van der Waals surface area contributed by atoms with Crippen molar-refractivity contribution in [2.45, 2.75) is 31.7 Å². The van der Waals surface area contributed by atoms with Crippen molar-refractivity contribution in [2.24, 2.45) is 0 Å². The van der Waals surface area contributed by atoms with Crippen LogP contribution in [-0.2, 0) is 10.0 Å². The van der Waals surface area contributed by atoms with Gasteiger partial charge in [0.1, 0.15) is 18.2 Å². The molecule has 7 heteroatoms. The normalized spacial score (nSPS) is 12.7. The number of aryl methyl sites for hydroxylation is 2. The van der Waals surface area contributed by atoms with Crippen LogP contribution in [0.5, 0.6) is 5.75 Å². The van der Waals surface area contributed by atoms with E-state index >= 15 is 0 Å². The molecule has 1 atom stereocenters. The van der Waals surface area contributed by atoms with Gasteiger partial charge in [0.15, 0.2) is 0 Å². The fraction of sp³-hybridized carbons (Fsp3) is 0.208. The molecule has 0 aliphatic carbocycles. The lowest BCUT2D eigenvalue weighted by Gasteiger charge is -2.17. The Bertz CT molecular complexity index is 1290. The van der Waals surface area contributed by atoms with Crippen LogP contribution < -0.4 is 9.46 Å². The quantitative estimate of drug-likeness (QED) is 0.445. The van der Waals surface area contributed by atoms with E-state index in [1.165, 1.54) is 0 Å². The number of hydrogen-bond acceptors (Lipinski definition) is 4. The molecule has 1 unspecified atom stereocenters. The Morgan fingerprint density at radius 1 is 1.00 bits per heavy atom. The van der Waals surface area contributed by atoms with E-state index in [4.69, 9.17) is 4.74 Å². The number of H-pyrrole nitrogens is 1. The molecule has 0 aliphatic rings. The molecule has 0 saturated carbocycles. The van der Waals surface area contributed by atoms with Crippen molar-refractivity contribution in [3.05, 3.63) is 77.9 Å². The van der Waals surface area contributed by atoms with Crippen molar-refractivity contribution in [3.8, 4) is 17.1 Å². The summed E-state index contributed by atoms with van der Waals surface area (Å²) < 4.78 is 34.4. The number of sulfonamides is 1. The fourth-order valence-corrected chi connectivity index (χ4v) is 4.74. The number of ether oxygens (including phenoxy) is 1. The summed E-state index contributed by atoms with van der Waals surface area (Å²) in [6.07, 6.45) is 0. The minimum Gasteiger partial charge on any atom is -0.491 e. The Balaban J connectivity index is 1.50. The molecule has 0 amide bonds. The average Bonchev–Trinajstić information content (AvgIpc) is 3.17. The van der Waals surface area contributed by atoms with Gasteiger partial charge in [0.25, 0.3) is 0 Å². The van der Waals surface area contributed by atoms with Crippen LogP contribution in [0.1, 0.15) is 18.1 Å². The molecule has 0 radical (unpaired) electrons. The van der Waals surface area contributed by atoms with Crippen LogP contribution in [-0.4, -0.2) is 31.0 Å². The lowest BCUT2D eigenvalue weighted by molar-refractivity contribution is 0.284. The highest BCUT2D eigenvalue weighted by Gasteiger charge is 2.19. The molecule has 0 aliphatic heterocycles. The third-order valence-electron chi connectivity index (χ3n) is 5.05. The van der Waals surface area contributed by atoms with Gasteiger partial charge in [-0.25, -0.2) is 18.1 Å². The van der Waals surface area contributed by atoms with Crippen molar-refractivity contribution in [3.63, 3.8) is 0 Å². The second kappa shape index (κ2) is 8.53. The van der Waals surface area contributed by atoms with E-state index in [0.717, 1.165) is 22.4 Å². The lowest BCUT2D eigenvalue weighted by atomic mass is 10.1. The highest BCUT2D eigenvalue weighted by Crippen LogP contribution is 2.24. The summed E-state index contributed by atoms with van der Waals surface area (Å²) in [6, 6.07) is 20.1. The highest BCUT2D eigenvalue weighted by atomic mass is 32.2. The molecule has 0 spiro atoms. The Morgan fingerprint density at radius 3 is 2.42 bits per heavy atom. The first-order chi connectivity index (χ1) is 14.8. The highest BCUT2D eigenvalue weighted by molar-refractivity contribution is 7.89. The predicted molar refractivity (Wildman–Crippen MR) is 123 cm³/mol. The Labute approximate surface area is 182 Å². The second-order valence-electron chi connectivity index (χ2n) is 7.68. The summed E-state index contributed by atoms with van der Waals surface area (Å²) in [5, 5.41) is 0. The second-order valence-corrected chi connectivity index (χ2v) is 9.40. The Kier molecular flexibility index (Phi) is 5.80. The maximum atomic E-state index is 12.9. The van der Waals surface area contributed by atoms with Gasteiger partial charge in [-0.15, -0.1) is 0 Å². The molecule has 1 heterocycles. The molecule has 160 valence electrons. The zero-order chi connectivity index (χ0) is 22.0. The number of fused-ring (bicyclic) bond motifs is 1. The first-order valence-electron chi connectivity index (χ1n) is 10.1. The maximum absolute atomic E-state index is 12.9. The Hall–Kier alpha value is -3.16. The molecule has 31 heavy (non-hydrogen) atoms. The maximum Gasteiger partial charge on any atom is 0.241 e. The molecule has 2 N–H and O–H groups in total. The molecule has 1 aromatic heterocycles. The van der Waals surface area contributed by atoms with Crippen molar-refractivity contribution < 1.29 is 13.2 Å². The number of nitrogens with zero attached hydrogens (tertiary/aromatic N) is 1. The van der Waals surface area contributed by atoms with Crippen molar-refractivity contribution in [2.75, 3.05) is 6.61 Å². The third-order valence-corrected chi connectivity index (χ3v) is 6.64. The van der Waals surface area contributed by atoms with Crippen LogP contribution in [0.2, 0.25) is 0 Å². The van der Waals surface area contributed by atoms with Gasteiger partial charge in [-0.05, 0) is 50.1 Å². The summed E-state index contributed by atoms with van der Waals surface area (Å²) in [5.74, 6) is 1.49. The van der Waals surface area contributed by atoms with Crippen molar-refractivity contribution >= 4 is 21.1 Å². The molecule has 4 aromatic rings.